The third-order valence-corrected chi connectivity index (χ3v) is 5.14. The van der Waals surface area contributed by atoms with Crippen LogP contribution in [0.25, 0.3) is 6.08 Å². The molecule has 6 heteroatoms. The molecule has 3 rings (SSSR count). The fourth-order valence-electron chi connectivity index (χ4n) is 2.59. The first kappa shape index (κ1) is 16.3. The second-order valence-electron chi connectivity index (χ2n) is 5.50. The predicted octanol–water partition coefficient (Wildman–Crippen LogP) is 4.21. The Hall–Kier alpha value is -1.56. The van der Waals surface area contributed by atoms with Crippen LogP contribution in [0.5, 0.6) is 0 Å². The van der Waals surface area contributed by atoms with Crippen LogP contribution >= 0.6 is 11.6 Å². The van der Waals surface area contributed by atoms with Gasteiger partial charge >= 0.3 is 0 Å². The molecule has 0 spiro atoms. The molecule has 1 unspecified atom stereocenters. The van der Waals surface area contributed by atoms with E-state index in [0.29, 0.717) is 32.4 Å². The summed E-state index contributed by atoms with van der Waals surface area (Å²) in [6.07, 6.45) is 8.58. The van der Waals surface area contributed by atoms with Crippen LogP contribution in [0.3, 0.4) is 0 Å². The number of carbonyl (C=O) groups excluding carboxylic acids is 1. The van der Waals surface area contributed by atoms with Crippen molar-refractivity contribution in [3.8, 4) is 0 Å². The zero-order chi connectivity index (χ0) is 16.6. The molecule has 1 fully saturated rings. The predicted molar refractivity (Wildman–Crippen MR) is 90.4 cm³/mol. The quantitative estimate of drug-likeness (QED) is 0.599. The molecule has 0 amide bonds. The molecule has 120 valence electrons. The van der Waals surface area contributed by atoms with E-state index in [-0.39, 0.29) is 11.7 Å². The lowest BCUT2D eigenvalue weighted by Gasteiger charge is -2.13. The van der Waals surface area contributed by atoms with Crippen LogP contribution in [-0.4, -0.2) is 21.7 Å². The van der Waals surface area contributed by atoms with Gasteiger partial charge in [0.05, 0.1) is 22.3 Å². The molecular formula is C17H16ClNO3S. The van der Waals surface area contributed by atoms with E-state index in [2.05, 4.69) is 5.16 Å². The van der Waals surface area contributed by atoms with E-state index in [0.717, 1.165) is 12.8 Å². The smallest absolute Gasteiger partial charge is 0.203 e. The van der Waals surface area contributed by atoms with Gasteiger partial charge in [0.15, 0.2) is 10.7 Å². The van der Waals surface area contributed by atoms with Crippen molar-refractivity contribution in [1.29, 1.82) is 0 Å². The largest absolute Gasteiger partial charge is 0.612 e. The summed E-state index contributed by atoms with van der Waals surface area (Å²) >= 11 is 4.86. The number of rotatable bonds is 5. The van der Waals surface area contributed by atoms with Crippen molar-refractivity contribution >= 4 is 34.6 Å². The van der Waals surface area contributed by atoms with Crippen molar-refractivity contribution in [2.45, 2.75) is 30.6 Å². The normalized spacial score (nSPS) is 16.0. The van der Waals surface area contributed by atoms with Crippen molar-refractivity contribution in [2.24, 2.45) is 0 Å². The molecule has 1 aliphatic carbocycles. The zero-order valence-electron chi connectivity index (χ0n) is 12.8. The van der Waals surface area contributed by atoms with Crippen LogP contribution in [0, 0.1) is 0 Å². The van der Waals surface area contributed by atoms with Gasteiger partial charge in [-0.25, -0.2) is 0 Å². The Balaban J connectivity index is 2.13. The zero-order valence-corrected chi connectivity index (χ0v) is 14.4. The topological polar surface area (TPSA) is 66.2 Å². The minimum atomic E-state index is -1.36. The van der Waals surface area contributed by atoms with E-state index in [4.69, 9.17) is 16.1 Å². The summed E-state index contributed by atoms with van der Waals surface area (Å²) in [5.41, 5.74) is 1.45. The number of hydrogen-bond acceptors (Lipinski definition) is 4. The van der Waals surface area contributed by atoms with Gasteiger partial charge in [0.1, 0.15) is 6.26 Å². The Morgan fingerprint density at radius 1 is 1.43 bits per heavy atom. The molecule has 1 saturated carbocycles. The highest BCUT2D eigenvalue weighted by molar-refractivity contribution is 7.90. The summed E-state index contributed by atoms with van der Waals surface area (Å²) in [4.78, 5) is 13.4. The minimum absolute atomic E-state index is 0.222. The van der Waals surface area contributed by atoms with Crippen LogP contribution in [0.2, 0.25) is 5.02 Å². The molecule has 2 aromatic rings. The molecule has 23 heavy (non-hydrogen) atoms. The lowest BCUT2D eigenvalue weighted by Crippen LogP contribution is -2.12. The van der Waals surface area contributed by atoms with Crippen LogP contribution in [0.1, 0.15) is 52.9 Å². The summed E-state index contributed by atoms with van der Waals surface area (Å²) in [5.74, 6) is 0.681. The monoisotopic (exact) mass is 349 g/mol. The summed E-state index contributed by atoms with van der Waals surface area (Å²) in [6.45, 7) is 1.85. The molecular weight excluding hydrogens is 334 g/mol. The lowest BCUT2D eigenvalue weighted by atomic mass is 10.00. The van der Waals surface area contributed by atoms with E-state index in [1.54, 1.807) is 30.5 Å². The number of hydrogen-bond donors (Lipinski definition) is 0. The van der Waals surface area contributed by atoms with Crippen molar-refractivity contribution in [3.05, 3.63) is 51.9 Å². The number of allylic oxidation sites excluding steroid dienone is 1. The SMILES string of the molecule is CC=Cc1c(Cl)ccc(C(=O)c2cnoc2C2CC2)c1[S+](C)[O-]. The first-order valence-corrected chi connectivity index (χ1v) is 9.26. The number of aromatic nitrogens is 1. The summed E-state index contributed by atoms with van der Waals surface area (Å²) in [5, 5.41) is 4.24. The Morgan fingerprint density at radius 2 is 2.17 bits per heavy atom. The number of carbonyl (C=O) groups is 1. The fourth-order valence-corrected chi connectivity index (χ4v) is 3.82. The van der Waals surface area contributed by atoms with Gasteiger partial charge in [-0.1, -0.05) is 28.9 Å². The fraction of sp³-hybridized carbons (Fsp3) is 0.294. The molecule has 0 aliphatic heterocycles. The van der Waals surface area contributed by atoms with Crippen molar-refractivity contribution < 1.29 is 13.9 Å². The van der Waals surface area contributed by atoms with Gasteiger partial charge in [0.2, 0.25) is 5.78 Å². The molecule has 0 N–H and O–H groups in total. The number of nitrogens with zero attached hydrogens (tertiary/aromatic N) is 1. The minimum Gasteiger partial charge on any atom is -0.612 e. The molecule has 4 nitrogen and oxygen atoms in total. The number of halogens is 1. The van der Waals surface area contributed by atoms with Gasteiger partial charge in [-0.2, -0.15) is 0 Å². The molecule has 1 aliphatic rings. The van der Waals surface area contributed by atoms with Gasteiger partial charge < -0.3 is 9.08 Å². The standard InChI is InChI=1S/C17H16ClNO3S/c1-3-4-11-14(18)8-7-12(17(11)23(2)21)15(20)13-9-19-22-16(13)10-5-6-10/h3-4,7-10H,5-6H2,1-2H3. The summed E-state index contributed by atoms with van der Waals surface area (Å²) in [7, 11) is 0. The highest BCUT2D eigenvalue weighted by Gasteiger charge is 2.34. The van der Waals surface area contributed by atoms with E-state index < -0.39 is 11.2 Å². The molecule has 0 bridgehead atoms. The molecule has 0 saturated heterocycles. The van der Waals surface area contributed by atoms with E-state index in [1.165, 1.54) is 6.20 Å². The molecule has 0 radical (unpaired) electrons. The van der Waals surface area contributed by atoms with Gasteiger partial charge in [0, 0.05) is 11.5 Å². The average molecular weight is 350 g/mol. The first-order valence-electron chi connectivity index (χ1n) is 7.32. The molecule has 1 heterocycles. The van der Waals surface area contributed by atoms with Crippen molar-refractivity contribution in [3.63, 3.8) is 0 Å². The highest BCUT2D eigenvalue weighted by Crippen LogP contribution is 2.42. The van der Waals surface area contributed by atoms with E-state index >= 15 is 0 Å². The van der Waals surface area contributed by atoms with Gasteiger partial charge in [0.25, 0.3) is 0 Å². The molecule has 1 aromatic carbocycles. The maximum Gasteiger partial charge on any atom is 0.203 e. The maximum atomic E-state index is 13.0. The average Bonchev–Trinajstić information content (AvgIpc) is 3.25. The Kier molecular flexibility index (Phi) is 4.62. The third-order valence-electron chi connectivity index (χ3n) is 3.80. The number of ketones is 1. The van der Waals surface area contributed by atoms with Crippen molar-refractivity contribution in [2.75, 3.05) is 6.26 Å². The second-order valence-corrected chi connectivity index (χ2v) is 7.22. The maximum absolute atomic E-state index is 13.0. The Bertz CT molecular complexity index is 778. The molecule has 1 atom stereocenters. The van der Waals surface area contributed by atoms with Crippen LogP contribution in [0.15, 0.2) is 33.8 Å². The van der Waals surface area contributed by atoms with Crippen LogP contribution in [0.4, 0.5) is 0 Å². The highest BCUT2D eigenvalue weighted by atomic mass is 35.5. The van der Waals surface area contributed by atoms with Gasteiger partial charge in [-0.05, 0) is 43.1 Å². The molecule has 1 aromatic heterocycles. The summed E-state index contributed by atoms with van der Waals surface area (Å²) in [6, 6.07) is 3.28. The van der Waals surface area contributed by atoms with E-state index in [9.17, 15) is 9.35 Å². The Labute approximate surface area is 142 Å². The number of benzene rings is 1. The van der Waals surface area contributed by atoms with Crippen molar-refractivity contribution in [1.82, 2.24) is 5.16 Å². The van der Waals surface area contributed by atoms with Crippen LogP contribution in [-0.2, 0) is 11.2 Å². The van der Waals surface area contributed by atoms with Gasteiger partial charge in [-0.15, -0.1) is 0 Å². The third kappa shape index (κ3) is 3.09. The second kappa shape index (κ2) is 6.51. The Morgan fingerprint density at radius 3 is 2.78 bits per heavy atom. The van der Waals surface area contributed by atoms with Crippen LogP contribution < -0.4 is 0 Å². The first-order chi connectivity index (χ1) is 11.0. The summed E-state index contributed by atoms with van der Waals surface area (Å²) < 4.78 is 17.5. The lowest BCUT2D eigenvalue weighted by molar-refractivity contribution is 0.103. The van der Waals surface area contributed by atoms with E-state index in [1.807, 2.05) is 6.92 Å². The van der Waals surface area contributed by atoms with Gasteiger partial charge in [-0.3, -0.25) is 4.79 Å².